The Kier molecular flexibility index (Phi) is 42.2. The number of aryl methyl sites for hydroxylation is 2. The normalized spacial score (nSPS) is 12.4. The number of carbonyl (C=O) groups excluding carboxylic acids is 2. The lowest BCUT2D eigenvalue weighted by molar-refractivity contribution is 0.0988. The van der Waals surface area contributed by atoms with Crippen molar-refractivity contribution in [3.05, 3.63) is 121 Å². The number of imidazole rings is 4. The molecule has 2 amide bonds. The standard InChI is InChI=1S/C21H26N4O2.C20H28N4O2.C7H12N4O.2C7H10N4.C6H10N2.C5H11N.C4H7N.ClH/c1-13(2)19-23-18-20(24-19)25(12-22-21(18)26)11-15-9-8-14(3)17(10-15)27-16-6-4-5-7-16;1-12(2)19-23-17(18(21)25)20(24-19)22-11-14-9-8-13(3)16(10-14)26-15-6-4-5-7-15;1-3(2)7-10-4(6(9)12)5(8)11-7;1-4(2)6-10-5(8)7(9-3)11-6;1-6(2)7(11-5-9)10-4-3-8;1-5(2)6(3)8-4-7;1-4(2)5(3)6;1-4(2)3-5;/h8-10,12-13,16H,4-7,11H2,1-3H3,(H,23,24);8-10,12,15,22H,4-7,11H2,1-3H3,(H2,21,25)(H,23,24);3H,8H2,1-2H3,(H2,9,12)(H,10,11);4H,8H2,1-2H3,(H,10,11);6H,4H2,1-2H3,(H,10,11);5H,1-3H3;4,6H,1-3H3;4H,1-2H3;1H. The Balaban J connectivity index is 0.000000655. The van der Waals surface area contributed by atoms with Crippen molar-refractivity contribution in [3.63, 3.8) is 0 Å². The zero-order valence-corrected chi connectivity index (χ0v) is 67.0. The van der Waals surface area contributed by atoms with Crippen LogP contribution in [-0.4, -0.2) is 97.2 Å². The van der Waals surface area contributed by atoms with E-state index in [2.05, 4.69) is 121 Å². The number of carbonyl (C=O) groups is 2. The highest BCUT2D eigenvalue weighted by Crippen LogP contribution is 2.30. The summed E-state index contributed by atoms with van der Waals surface area (Å²) < 4.78 is 14.3. The van der Waals surface area contributed by atoms with Crippen LogP contribution in [0, 0.1) is 95.1 Å². The van der Waals surface area contributed by atoms with E-state index in [9.17, 15) is 14.4 Å². The molecular weight excluding hydrogens is 1380 g/mol. The Morgan fingerprint density at radius 3 is 1.52 bits per heavy atom. The Morgan fingerprint density at radius 1 is 0.682 bits per heavy atom. The first-order valence-corrected chi connectivity index (χ1v) is 35.9. The summed E-state index contributed by atoms with van der Waals surface area (Å²) in [6.07, 6.45) is 15.3. The maximum absolute atomic E-state index is 12.1. The van der Waals surface area contributed by atoms with Gasteiger partial charge in [-0.25, -0.2) is 19.9 Å². The van der Waals surface area contributed by atoms with Gasteiger partial charge in [0, 0.05) is 53.5 Å². The molecule has 2 aromatic carbocycles. The van der Waals surface area contributed by atoms with E-state index in [1.165, 1.54) is 25.7 Å². The van der Waals surface area contributed by atoms with E-state index in [1.807, 2.05) is 141 Å². The molecule has 2 aliphatic rings. The molecule has 107 heavy (non-hydrogen) atoms. The molecule has 2 fully saturated rings. The molecule has 0 aliphatic heterocycles. The monoisotopic (exact) mass is 1490 g/mol. The van der Waals surface area contributed by atoms with E-state index in [4.69, 9.17) is 65.4 Å². The average molecular weight is 1490 g/mol. The molecule has 2 saturated carbocycles. The van der Waals surface area contributed by atoms with Gasteiger partial charge in [-0.2, -0.15) is 31.0 Å². The molecule has 0 bridgehead atoms. The number of amidine groups is 1. The van der Waals surface area contributed by atoms with Gasteiger partial charge in [-0.1, -0.05) is 128 Å². The summed E-state index contributed by atoms with van der Waals surface area (Å²) in [5.41, 5.74) is 28.9. The van der Waals surface area contributed by atoms with Crippen LogP contribution in [0.1, 0.15) is 266 Å². The van der Waals surface area contributed by atoms with Crippen LogP contribution in [0.2, 0.25) is 0 Å². The molecule has 30 heteroatoms. The van der Waals surface area contributed by atoms with Crippen LogP contribution in [0.15, 0.2) is 57.5 Å². The first kappa shape index (κ1) is 93.9. The van der Waals surface area contributed by atoms with Crippen LogP contribution < -0.4 is 48.6 Å². The van der Waals surface area contributed by atoms with E-state index >= 15 is 0 Å². The maximum atomic E-state index is 12.1. The molecule has 2 aliphatic carbocycles. The number of aromatic amines is 4. The molecule has 7 aromatic rings. The van der Waals surface area contributed by atoms with Gasteiger partial charge in [0.2, 0.25) is 6.19 Å². The van der Waals surface area contributed by atoms with Gasteiger partial charge in [0.1, 0.15) is 64.9 Å². The SMILES string of the molecule is CC(=N)C(C)C.CC(=NC#N)C(C)C.CC(C)C#N.CC(C)C(=NCC#N)NC#N.CC(C)c1nc(N)c(C(N)=O)[nH]1.Cc1ccc(CNc2nc(C(C)C)[nH]c2C(N)=O)cc1OC1CCCC1.Cc1ccc(Cn2cnc(=O)c3[nH]c(C(C)C)nc32)cc1OC1CCCC1.Cl.[C-]#[N+]c1[nH]c(C(C)C)nc1N. The number of nitrogens with one attached hydrogen (secondary N) is 7. The minimum atomic E-state index is -0.577. The Bertz CT molecular complexity index is 4270. The summed E-state index contributed by atoms with van der Waals surface area (Å²) in [4.78, 5) is 77.9. The van der Waals surface area contributed by atoms with Gasteiger partial charge in [-0.15, -0.1) is 12.4 Å². The second-order valence-electron chi connectivity index (χ2n) is 28.0. The Hall–Kier alpha value is -11.1. The van der Waals surface area contributed by atoms with E-state index in [0.29, 0.717) is 83.1 Å². The van der Waals surface area contributed by atoms with Crippen molar-refractivity contribution in [2.24, 2.45) is 45.1 Å². The number of rotatable bonds is 19. The zero-order chi connectivity index (χ0) is 80.1. The van der Waals surface area contributed by atoms with Gasteiger partial charge >= 0.3 is 0 Å². The summed E-state index contributed by atoms with van der Waals surface area (Å²) in [6.45, 7) is 47.4. The van der Waals surface area contributed by atoms with Crippen LogP contribution in [0.5, 0.6) is 11.5 Å². The van der Waals surface area contributed by atoms with E-state index in [-0.39, 0.29) is 71.5 Å². The number of nitriles is 4. The zero-order valence-electron chi connectivity index (χ0n) is 66.2. The lowest BCUT2D eigenvalue weighted by atomic mass is 10.1. The molecule has 5 aromatic heterocycles. The molecule has 5 heterocycles. The molecular formula is C77H115ClN24O5. The van der Waals surface area contributed by atoms with Gasteiger partial charge in [-0.05, 0) is 139 Å². The maximum Gasteiger partial charge on any atom is 0.298 e. The predicted molar refractivity (Wildman–Crippen MR) is 428 cm³/mol. The number of nitrogen functional groups attached to an aromatic ring is 2. The summed E-state index contributed by atoms with van der Waals surface area (Å²) >= 11 is 0. The third-order valence-corrected chi connectivity index (χ3v) is 16.2. The molecule has 0 spiro atoms. The van der Waals surface area contributed by atoms with Gasteiger partial charge in [-0.3, -0.25) is 29.7 Å². The Labute approximate surface area is 637 Å². The summed E-state index contributed by atoms with van der Waals surface area (Å²) in [5.74, 6) is 7.76. The number of aromatic nitrogens is 10. The molecule has 0 radical (unpaired) electrons. The number of amides is 2. The van der Waals surface area contributed by atoms with Crippen molar-refractivity contribution >= 4 is 75.9 Å². The smallest absolute Gasteiger partial charge is 0.298 e. The number of benzene rings is 2. The van der Waals surface area contributed by atoms with E-state index in [0.717, 1.165) is 88.3 Å². The summed E-state index contributed by atoms with van der Waals surface area (Å²) in [5, 5.41) is 45.0. The fourth-order valence-electron chi connectivity index (χ4n) is 9.22. The van der Waals surface area contributed by atoms with Crippen molar-refractivity contribution in [2.75, 3.05) is 23.3 Å². The number of nitrogens with zero attached hydrogens (tertiary/aromatic N) is 13. The third-order valence-electron chi connectivity index (χ3n) is 16.2. The minimum Gasteiger partial charge on any atom is -0.490 e. The lowest BCUT2D eigenvalue weighted by Crippen LogP contribution is -2.23. The second-order valence-corrected chi connectivity index (χ2v) is 28.0. The van der Waals surface area contributed by atoms with Crippen molar-refractivity contribution in [1.29, 1.82) is 26.5 Å². The number of hydrogen-bond donors (Lipinski definition) is 11. The third kappa shape index (κ3) is 33.3. The molecule has 9 rings (SSSR count). The minimum absolute atomic E-state index is 0. The lowest BCUT2D eigenvalue weighted by Gasteiger charge is -2.16. The predicted octanol–water partition coefficient (Wildman–Crippen LogP) is 15.2. The molecule has 15 N–H and O–H groups in total. The van der Waals surface area contributed by atoms with Gasteiger partial charge in [0.05, 0.1) is 30.9 Å². The van der Waals surface area contributed by atoms with E-state index < -0.39 is 11.8 Å². The number of hydrogen-bond acceptors (Lipinski definition) is 20. The highest BCUT2D eigenvalue weighted by Gasteiger charge is 2.22. The Morgan fingerprint density at radius 2 is 1.14 bits per heavy atom. The largest absolute Gasteiger partial charge is 0.490 e. The van der Waals surface area contributed by atoms with Gasteiger partial charge in [0.25, 0.3) is 23.2 Å². The number of aliphatic imine (C=N–C) groups is 2. The fourth-order valence-corrected chi connectivity index (χ4v) is 9.22. The number of ether oxygens (including phenoxy) is 2. The van der Waals surface area contributed by atoms with Crippen LogP contribution in [0.25, 0.3) is 16.0 Å². The van der Waals surface area contributed by atoms with Crippen molar-refractivity contribution in [1.82, 2.24) is 54.7 Å². The first-order valence-electron chi connectivity index (χ1n) is 35.9. The molecule has 0 saturated heterocycles. The van der Waals surface area contributed by atoms with Crippen LogP contribution >= 0.6 is 12.4 Å². The number of halogens is 1. The number of H-pyrrole nitrogens is 4. The number of anilines is 3. The van der Waals surface area contributed by atoms with Gasteiger partial charge < -0.3 is 67.5 Å². The second kappa shape index (κ2) is 48.1. The highest BCUT2D eigenvalue weighted by atomic mass is 35.5. The van der Waals surface area contributed by atoms with Crippen molar-refractivity contribution in [2.45, 2.75) is 239 Å². The van der Waals surface area contributed by atoms with Crippen molar-refractivity contribution < 1.29 is 19.1 Å². The number of nitrogens with two attached hydrogens (primary N) is 4. The number of fused-ring (bicyclic) bond motifs is 1. The summed E-state index contributed by atoms with van der Waals surface area (Å²) in [6, 6.07) is 16.4. The highest BCUT2D eigenvalue weighted by molar-refractivity contribution is 5.96. The molecule has 580 valence electrons. The average Bonchev–Trinajstić information content (AvgIpc) is 1.67. The van der Waals surface area contributed by atoms with Crippen LogP contribution in [-0.2, 0) is 13.1 Å². The molecule has 29 nitrogen and oxygen atoms in total. The molecule has 0 unspecified atom stereocenters. The van der Waals surface area contributed by atoms with Crippen LogP contribution in [0.4, 0.5) is 23.3 Å². The molecule has 0 atom stereocenters. The van der Waals surface area contributed by atoms with E-state index in [1.54, 1.807) is 18.7 Å². The quantitative estimate of drug-likeness (QED) is 0.00894. The number of primary amides is 2. The topological polar surface area (TPSA) is 478 Å². The summed E-state index contributed by atoms with van der Waals surface area (Å²) in [7, 11) is 0. The van der Waals surface area contributed by atoms with Crippen LogP contribution in [0.3, 0.4) is 0 Å². The fraction of sp³-hybridized carbons (Fsp3) is 0.532. The van der Waals surface area contributed by atoms with Crippen molar-refractivity contribution in [3.8, 4) is 36.0 Å². The first-order chi connectivity index (χ1) is 49.9. The van der Waals surface area contributed by atoms with Gasteiger partial charge in [0.15, 0.2) is 34.8 Å².